The SMILES string of the molecule is CC(C)(C)OC(=O)N1CCOc2ccc3[nH]cc(Cl)c3c2C1.O=C(O)C(F)(F)F.c1ccc2[nH]ccc2c1. The van der Waals surface area contributed by atoms with Crippen LogP contribution in [0.15, 0.2) is 54.9 Å². The Morgan fingerprint density at radius 1 is 1.05 bits per heavy atom. The van der Waals surface area contributed by atoms with E-state index in [-0.39, 0.29) is 6.09 Å². The second kappa shape index (κ2) is 11.7. The molecule has 0 spiro atoms. The minimum Gasteiger partial charge on any atom is -0.491 e. The van der Waals surface area contributed by atoms with Crippen molar-refractivity contribution in [2.45, 2.75) is 39.1 Å². The number of hydrogen-bond donors (Lipinski definition) is 3. The zero-order chi connectivity index (χ0) is 28.1. The normalized spacial score (nSPS) is 13.3. The molecule has 12 heteroatoms. The minimum absolute atomic E-state index is 0.340. The number of amides is 1. The molecule has 1 amide bonds. The molecule has 0 unspecified atom stereocenters. The van der Waals surface area contributed by atoms with Gasteiger partial charge in [-0.25, -0.2) is 9.59 Å². The standard InChI is InChI=1S/C16H19ClN2O3.C8H7N.C2HF3O2/c1-16(2,3)22-15(20)19-6-7-21-13-5-4-12-14(10(13)9-19)11(17)8-18-12;1-2-4-8-7(3-1)5-6-9-8;3-2(4,5)1(6)7/h4-5,8,18H,6-7,9H2,1-3H3;1-6,9H;(H,6,7). The molecule has 4 aromatic rings. The number of rotatable bonds is 0. The molecule has 38 heavy (non-hydrogen) atoms. The van der Waals surface area contributed by atoms with Crippen molar-refractivity contribution in [1.82, 2.24) is 14.9 Å². The van der Waals surface area contributed by atoms with Gasteiger partial charge in [-0.3, -0.25) is 0 Å². The van der Waals surface area contributed by atoms with Gasteiger partial charge in [0.15, 0.2) is 0 Å². The number of nitrogens with one attached hydrogen (secondary N) is 2. The Hall–Kier alpha value is -3.86. The molecule has 0 radical (unpaired) electrons. The van der Waals surface area contributed by atoms with Gasteiger partial charge in [0.2, 0.25) is 0 Å². The van der Waals surface area contributed by atoms with Crippen LogP contribution in [0.4, 0.5) is 18.0 Å². The maximum Gasteiger partial charge on any atom is 0.490 e. The minimum atomic E-state index is -5.08. The first-order valence-electron chi connectivity index (χ1n) is 11.5. The number of aromatic amines is 2. The second-order valence-corrected chi connectivity index (χ2v) is 9.63. The number of alkyl halides is 3. The number of carboxylic acids is 1. The molecule has 2 aromatic heterocycles. The first kappa shape index (κ1) is 28.7. The molecular weight excluding hydrogens is 527 g/mol. The Morgan fingerprint density at radius 3 is 2.37 bits per heavy atom. The number of halogens is 4. The number of carbonyl (C=O) groups excluding carboxylic acids is 1. The Labute approximate surface area is 221 Å². The maximum absolute atomic E-state index is 12.3. The molecule has 1 aliphatic heterocycles. The highest BCUT2D eigenvalue weighted by molar-refractivity contribution is 6.36. The summed E-state index contributed by atoms with van der Waals surface area (Å²) in [6.45, 7) is 6.89. The van der Waals surface area contributed by atoms with Crippen LogP contribution in [-0.4, -0.2) is 57.0 Å². The molecule has 0 saturated heterocycles. The third-order valence-electron chi connectivity index (χ3n) is 5.19. The first-order valence-corrected chi connectivity index (χ1v) is 11.9. The fourth-order valence-corrected chi connectivity index (χ4v) is 3.81. The summed E-state index contributed by atoms with van der Waals surface area (Å²) in [5, 5.41) is 9.92. The van der Waals surface area contributed by atoms with Crippen LogP contribution in [-0.2, 0) is 16.1 Å². The lowest BCUT2D eigenvalue weighted by Gasteiger charge is -2.26. The van der Waals surface area contributed by atoms with E-state index in [2.05, 4.69) is 28.2 Å². The third-order valence-corrected chi connectivity index (χ3v) is 5.49. The topological polar surface area (TPSA) is 108 Å². The zero-order valence-corrected chi connectivity index (χ0v) is 21.6. The molecule has 0 fully saturated rings. The molecule has 2 aromatic carbocycles. The molecule has 0 saturated carbocycles. The van der Waals surface area contributed by atoms with E-state index >= 15 is 0 Å². The zero-order valence-electron chi connectivity index (χ0n) is 20.9. The lowest BCUT2D eigenvalue weighted by atomic mass is 10.1. The number of aromatic nitrogens is 2. The lowest BCUT2D eigenvalue weighted by molar-refractivity contribution is -0.192. The molecule has 3 N–H and O–H groups in total. The van der Waals surface area contributed by atoms with Gasteiger partial charge < -0.3 is 29.4 Å². The highest BCUT2D eigenvalue weighted by atomic mass is 35.5. The monoisotopic (exact) mass is 553 g/mol. The van der Waals surface area contributed by atoms with E-state index in [0.717, 1.165) is 22.2 Å². The van der Waals surface area contributed by atoms with E-state index in [1.54, 1.807) is 11.1 Å². The van der Waals surface area contributed by atoms with Gasteiger partial charge in [-0.1, -0.05) is 29.8 Å². The van der Waals surface area contributed by atoms with E-state index in [4.69, 9.17) is 31.0 Å². The van der Waals surface area contributed by atoms with Crippen molar-refractivity contribution in [1.29, 1.82) is 0 Å². The Morgan fingerprint density at radius 2 is 1.74 bits per heavy atom. The summed E-state index contributed by atoms with van der Waals surface area (Å²) < 4.78 is 43.0. The number of aliphatic carboxylic acids is 1. The van der Waals surface area contributed by atoms with E-state index in [9.17, 15) is 18.0 Å². The van der Waals surface area contributed by atoms with E-state index in [1.165, 1.54) is 10.9 Å². The smallest absolute Gasteiger partial charge is 0.490 e. The predicted molar refractivity (Wildman–Crippen MR) is 137 cm³/mol. The quantitative estimate of drug-likeness (QED) is 0.223. The van der Waals surface area contributed by atoms with E-state index in [0.29, 0.717) is 24.7 Å². The van der Waals surface area contributed by atoms with Crippen LogP contribution in [0.5, 0.6) is 5.75 Å². The summed E-state index contributed by atoms with van der Waals surface area (Å²) in [4.78, 5) is 29.1. The number of para-hydroxylation sites is 1. The van der Waals surface area contributed by atoms with Crippen molar-refractivity contribution in [3.63, 3.8) is 0 Å². The number of benzene rings is 2. The molecule has 204 valence electrons. The molecule has 0 atom stereocenters. The van der Waals surface area contributed by atoms with Crippen LogP contribution < -0.4 is 4.74 Å². The summed E-state index contributed by atoms with van der Waals surface area (Å²) in [7, 11) is 0. The number of carbonyl (C=O) groups is 2. The Bertz CT molecular complexity index is 1380. The van der Waals surface area contributed by atoms with Crippen molar-refractivity contribution < 1.29 is 37.3 Å². The van der Waals surface area contributed by atoms with Crippen LogP contribution in [0.1, 0.15) is 26.3 Å². The van der Waals surface area contributed by atoms with Crippen LogP contribution in [0.3, 0.4) is 0 Å². The predicted octanol–water partition coefficient (Wildman–Crippen LogP) is 6.75. The largest absolute Gasteiger partial charge is 0.491 e. The van der Waals surface area contributed by atoms with Gasteiger partial charge in [-0.05, 0) is 50.4 Å². The molecule has 5 rings (SSSR count). The van der Waals surface area contributed by atoms with Gasteiger partial charge in [0.1, 0.15) is 18.0 Å². The van der Waals surface area contributed by atoms with Crippen molar-refractivity contribution in [3.8, 4) is 5.75 Å². The van der Waals surface area contributed by atoms with Crippen LogP contribution >= 0.6 is 11.6 Å². The lowest BCUT2D eigenvalue weighted by Crippen LogP contribution is -2.37. The summed E-state index contributed by atoms with van der Waals surface area (Å²) in [5.41, 5.74) is 2.52. The Kier molecular flexibility index (Phi) is 8.82. The summed E-state index contributed by atoms with van der Waals surface area (Å²) in [5.74, 6) is -1.99. The van der Waals surface area contributed by atoms with Gasteiger partial charge in [0, 0.05) is 34.4 Å². The summed E-state index contributed by atoms with van der Waals surface area (Å²) in [6, 6.07) is 14.1. The van der Waals surface area contributed by atoms with Gasteiger partial charge in [-0.15, -0.1) is 0 Å². The van der Waals surface area contributed by atoms with Crippen molar-refractivity contribution in [2.75, 3.05) is 13.2 Å². The fourth-order valence-electron chi connectivity index (χ4n) is 3.54. The van der Waals surface area contributed by atoms with Gasteiger partial charge in [0.25, 0.3) is 0 Å². The number of ether oxygens (including phenoxy) is 2. The van der Waals surface area contributed by atoms with Crippen LogP contribution in [0, 0.1) is 0 Å². The molecule has 0 aliphatic carbocycles. The molecule has 0 bridgehead atoms. The second-order valence-electron chi connectivity index (χ2n) is 9.22. The fraction of sp³-hybridized carbons (Fsp3) is 0.308. The van der Waals surface area contributed by atoms with Crippen LogP contribution in [0.2, 0.25) is 5.02 Å². The summed E-state index contributed by atoms with van der Waals surface area (Å²) >= 11 is 6.28. The van der Waals surface area contributed by atoms with Gasteiger partial charge in [-0.2, -0.15) is 13.2 Å². The van der Waals surface area contributed by atoms with Gasteiger partial charge >= 0.3 is 18.2 Å². The van der Waals surface area contributed by atoms with E-state index < -0.39 is 17.7 Å². The maximum atomic E-state index is 12.3. The Balaban J connectivity index is 0.000000204. The molecule has 3 heterocycles. The average molecular weight is 554 g/mol. The average Bonchev–Trinajstić information content (AvgIpc) is 3.39. The highest BCUT2D eigenvalue weighted by Crippen LogP contribution is 2.35. The molecular formula is C26H27ClF3N3O5. The number of hydrogen-bond acceptors (Lipinski definition) is 4. The van der Waals surface area contributed by atoms with Crippen molar-refractivity contribution in [3.05, 3.63) is 65.4 Å². The molecule has 8 nitrogen and oxygen atoms in total. The van der Waals surface area contributed by atoms with E-state index in [1.807, 2.05) is 51.2 Å². The van der Waals surface area contributed by atoms with Crippen molar-refractivity contribution >= 4 is 45.5 Å². The van der Waals surface area contributed by atoms with Crippen LogP contribution in [0.25, 0.3) is 21.8 Å². The number of fused-ring (bicyclic) bond motifs is 4. The number of carboxylic acid groups (broad SMARTS) is 1. The third kappa shape index (κ3) is 7.58. The van der Waals surface area contributed by atoms with Crippen molar-refractivity contribution in [2.24, 2.45) is 0 Å². The highest BCUT2D eigenvalue weighted by Gasteiger charge is 2.38. The molecule has 1 aliphatic rings. The number of H-pyrrole nitrogens is 2. The van der Waals surface area contributed by atoms with Gasteiger partial charge in [0.05, 0.1) is 18.1 Å². The number of nitrogens with zero attached hydrogens (tertiary/aromatic N) is 1. The summed E-state index contributed by atoms with van der Waals surface area (Å²) in [6.07, 6.45) is -1.73. The first-order chi connectivity index (χ1) is 17.8.